The molecule has 1 aliphatic rings. The van der Waals surface area contributed by atoms with Gasteiger partial charge in [0, 0.05) is 13.1 Å². The molecule has 0 aromatic carbocycles. The summed E-state index contributed by atoms with van der Waals surface area (Å²) in [5.74, 6) is -0.784. The first-order valence-corrected chi connectivity index (χ1v) is 5.97. The van der Waals surface area contributed by atoms with Gasteiger partial charge in [-0.1, -0.05) is 6.92 Å². The number of amides is 1. The summed E-state index contributed by atoms with van der Waals surface area (Å²) in [5.41, 5.74) is -0.682. The molecule has 1 aromatic rings. The van der Waals surface area contributed by atoms with E-state index in [2.05, 4.69) is 15.2 Å². The van der Waals surface area contributed by atoms with E-state index in [1.165, 1.54) is 6.33 Å². The molecule has 2 rings (SSSR count). The molecular formula is C11H16N4O3. The van der Waals surface area contributed by atoms with Crippen molar-refractivity contribution in [3.63, 3.8) is 0 Å². The molecule has 1 aromatic heterocycles. The van der Waals surface area contributed by atoms with Gasteiger partial charge < -0.3 is 10.0 Å². The summed E-state index contributed by atoms with van der Waals surface area (Å²) < 4.78 is 0. The predicted octanol–water partition coefficient (Wildman–Crippen LogP) is 0.522. The van der Waals surface area contributed by atoms with Crippen molar-refractivity contribution < 1.29 is 14.7 Å². The quantitative estimate of drug-likeness (QED) is 0.817. The highest BCUT2D eigenvalue weighted by molar-refractivity contribution is 5.90. The molecule has 2 N–H and O–H groups in total. The summed E-state index contributed by atoms with van der Waals surface area (Å²) >= 11 is 0. The smallest absolute Gasteiger partial charge is 0.309 e. The molecule has 7 nitrogen and oxygen atoms in total. The summed E-state index contributed by atoms with van der Waals surface area (Å²) in [5, 5.41) is 15.4. The minimum atomic E-state index is -0.767. The maximum Gasteiger partial charge on any atom is 0.309 e. The van der Waals surface area contributed by atoms with E-state index < -0.39 is 11.4 Å². The molecule has 0 bridgehead atoms. The third-order valence-electron chi connectivity index (χ3n) is 3.76. The number of likely N-dealkylation sites (tertiary alicyclic amines) is 1. The van der Waals surface area contributed by atoms with Crippen molar-refractivity contribution in [2.75, 3.05) is 13.1 Å². The fraction of sp³-hybridized carbons (Fsp3) is 0.636. The summed E-state index contributed by atoms with van der Waals surface area (Å²) in [6.45, 7) is 2.77. The van der Waals surface area contributed by atoms with Gasteiger partial charge in [0.05, 0.1) is 5.41 Å². The number of carbonyl (C=O) groups excluding carboxylic acids is 1. The van der Waals surface area contributed by atoms with Gasteiger partial charge in [-0.15, -0.1) is 0 Å². The van der Waals surface area contributed by atoms with E-state index in [4.69, 9.17) is 0 Å². The molecule has 0 saturated carbocycles. The van der Waals surface area contributed by atoms with Gasteiger partial charge >= 0.3 is 5.97 Å². The molecular weight excluding hydrogens is 236 g/mol. The maximum atomic E-state index is 12.0. The lowest BCUT2D eigenvalue weighted by Gasteiger charge is -2.37. The van der Waals surface area contributed by atoms with Gasteiger partial charge in [-0.2, -0.15) is 5.10 Å². The van der Waals surface area contributed by atoms with Crippen LogP contribution >= 0.6 is 0 Å². The van der Waals surface area contributed by atoms with Crippen LogP contribution in [0.3, 0.4) is 0 Å². The van der Waals surface area contributed by atoms with Crippen molar-refractivity contribution in [3.8, 4) is 0 Å². The van der Waals surface area contributed by atoms with E-state index in [0.29, 0.717) is 32.4 Å². The SMILES string of the molecule is CCC1(C(=O)O)CCN(C(=O)c2ncn[nH]2)CC1. The number of rotatable bonds is 3. The Morgan fingerprint density at radius 1 is 1.50 bits per heavy atom. The number of nitrogens with one attached hydrogen (secondary N) is 1. The lowest BCUT2D eigenvalue weighted by molar-refractivity contribution is -0.152. The van der Waals surface area contributed by atoms with Crippen LogP contribution in [0.15, 0.2) is 6.33 Å². The first-order chi connectivity index (χ1) is 8.59. The third-order valence-corrected chi connectivity index (χ3v) is 3.76. The highest BCUT2D eigenvalue weighted by Gasteiger charge is 2.41. The Morgan fingerprint density at radius 2 is 2.17 bits per heavy atom. The second-order valence-electron chi connectivity index (χ2n) is 4.57. The Balaban J connectivity index is 2.02. The maximum absolute atomic E-state index is 12.0. The molecule has 1 fully saturated rings. The molecule has 0 atom stereocenters. The Bertz CT molecular complexity index is 435. The van der Waals surface area contributed by atoms with Crippen LogP contribution in [-0.4, -0.2) is 50.2 Å². The van der Waals surface area contributed by atoms with Gasteiger partial charge in [0.15, 0.2) is 0 Å². The average Bonchev–Trinajstić information content (AvgIpc) is 2.91. The number of aliphatic carboxylic acids is 1. The van der Waals surface area contributed by atoms with Crippen LogP contribution in [0.5, 0.6) is 0 Å². The highest BCUT2D eigenvalue weighted by atomic mass is 16.4. The van der Waals surface area contributed by atoms with Gasteiger partial charge in [-0.3, -0.25) is 14.7 Å². The summed E-state index contributed by atoms with van der Waals surface area (Å²) in [7, 11) is 0. The lowest BCUT2D eigenvalue weighted by Crippen LogP contribution is -2.46. The number of aromatic nitrogens is 3. The molecule has 1 saturated heterocycles. The molecule has 0 radical (unpaired) electrons. The Hall–Kier alpha value is -1.92. The number of aromatic amines is 1. The molecule has 0 aliphatic carbocycles. The van der Waals surface area contributed by atoms with Gasteiger partial charge in [0.2, 0.25) is 5.82 Å². The van der Waals surface area contributed by atoms with Crippen LogP contribution in [0.25, 0.3) is 0 Å². The van der Waals surface area contributed by atoms with Crippen LogP contribution in [0.4, 0.5) is 0 Å². The van der Waals surface area contributed by atoms with Crippen LogP contribution in [-0.2, 0) is 4.79 Å². The van der Waals surface area contributed by atoms with Gasteiger partial charge in [-0.25, -0.2) is 4.98 Å². The molecule has 2 heterocycles. The first kappa shape index (κ1) is 12.5. The summed E-state index contributed by atoms with van der Waals surface area (Å²) in [6.07, 6.45) is 2.84. The van der Waals surface area contributed by atoms with Crippen LogP contribution < -0.4 is 0 Å². The lowest BCUT2D eigenvalue weighted by atomic mass is 9.76. The van der Waals surface area contributed by atoms with Crippen molar-refractivity contribution in [1.29, 1.82) is 0 Å². The summed E-state index contributed by atoms with van der Waals surface area (Å²) in [6, 6.07) is 0. The fourth-order valence-electron chi connectivity index (χ4n) is 2.31. The molecule has 1 aliphatic heterocycles. The average molecular weight is 252 g/mol. The molecule has 98 valence electrons. The van der Waals surface area contributed by atoms with Crippen molar-refractivity contribution in [2.45, 2.75) is 26.2 Å². The topological polar surface area (TPSA) is 99.2 Å². The zero-order valence-corrected chi connectivity index (χ0v) is 10.2. The second kappa shape index (κ2) is 4.75. The highest BCUT2D eigenvalue weighted by Crippen LogP contribution is 2.35. The van der Waals surface area contributed by atoms with Crippen molar-refractivity contribution in [2.24, 2.45) is 5.41 Å². The number of carboxylic acids is 1. The van der Waals surface area contributed by atoms with E-state index in [0.717, 1.165) is 0 Å². The van der Waals surface area contributed by atoms with E-state index in [-0.39, 0.29) is 11.7 Å². The number of nitrogens with zero attached hydrogens (tertiary/aromatic N) is 3. The minimum absolute atomic E-state index is 0.203. The minimum Gasteiger partial charge on any atom is -0.481 e. The Kier molecular flexibility index (Phi) is 3.31. The van der Waals surface area contributed by atoms with Crippen molar-refractivity contribution >= 4 is 11.9 Å². The number of hydrogen-bond donors (Lipinski definition) is 2. The van der Waals surface area contributed by atoms with Crippen LogP contribution in [0, 0.1) is 5.41 Å². The van der Waals surface area contributed by atoms with Gasteiger partial charge in [-0.05, 0) is 19.3 Å². The van der Waals surface area contributed by atoms with Crippen LogP contribution in [0.1, 0.15) is 36.8 Å². The molecule has 1 amide bonds. The predicted molar refractivity (Wildman–Crippen MR) is 61.9 cm³/mol. The van der Waals surface area contributed by atoms with Crippen molar-refractivity contribution in [3.05, 3.63) is 12.2 Å². The van der Waals surface area contributed by atoms with E-state index in [9.17, 15) is 14.7 Å². The number of H-pyrrole nitrogens is 1. The van der Waals surface area contributed by atoms with Crippen LogP contribution in [0.2, 0.25) is 0 Å². The number of hydrogen-bond acceptors (Lipinski definition) is 4. The summed E-state index contributed by atoms with van der Waals surface area (Å²) in [4.78, 5) is 28.7. The number of carbonyl (C=O) groups is 2. The zero-order valence-electron chi connectivity index (χ0n) is 10.2. The largest absolute Gasteiger partial charge is 0.481 e. The third kappa shape index (κ3) is 2.07. The Morgan fingerprint density at radius 3 is 2.61 bits per heavy atom. The van der Waals surface area contributed by atoms with E-state index >= 15 is 0 Å². The molecule has 0 spiro atoms. The van der Waals surface area contributed by atoms with E-state index in [1.54, 1.807) is 4.90 Å². The standard InChI is InChI=1S/C11H16N4O3/c1-2-11(10(17)18)3-5-15(6-4-11)9(16)8-12-7-13-14-8/h7H,2-6H2,1H3,(H,17,18)(H,12,13,14). The molecule has 0 unspecified atom stereocenters. The fourth-order valence-corrected chi connectivity index (χ4v) is 2.31. The van der Waals surface area contributed by atoms with Crippen molar-refractivity contribution in [1.82, 2.24) is 20.1 Å². The normalized spacial score (nSPS) is 18.6. The molecule has 18 heavy (non-hydrogen) atoms. The van der Waals surface area contributed by atoms with Gasteiger partial charge in [0.1, 0.15) is 6.33 Å². The molecule has 7 heteroatoms. The second-order valence-corrected chi connectivity index (χ2v) is 4.57. The van der Waals surface area contributed by atoms with E-state index in [1.807, 2.05) is 6.92 Å². The zero-order chi connectivity index (χ0) is 13.2. The Labute approximate surface area is 104 Å². The number of piperidine rings is 1. The van der Waals surface area contributed by atoms with Gasteiger partial charge in [0.25, 0.3) is 5.91 Å². The first-order valence-electron chi connectivity index (χ1n) is 5.97. The number of carboxylic acid groups (broad SMARTS) is 1. The monoisotopic (exact) mass is 252 g/mol.